The van der Waals surface area contributed by atoms with E-state index in [0.717, 1.165) is 13.0 Å². The molecule has 0 bridgehead atoms. The zero-order chi connectivity index (χ0) is 12.4. The highest BCUT2D eigenvalue weighted by molar-refractivity contribution is 6.33. The molecular formula is C12H15ClN2O2. The van der Waals surface area contributed by atoms with Crippen molar-refractivity contribution in [3.05, 3.63) is 28.8 Å². The van der Waals surface area contributed by atoms with E-state index < -0.39 is 0 Å². The van der Waals surface area contributed by atoms with Crippen molar-refractivity contribution in [1.82, 2.24) is 4.90 Å². The lowest BCUT2D eigenvalue weighted by molar-refractivity contribution is 0.0724. The number of benzene rings is 1. The Morgan fingerprint density at radius 1 is 1.59 bits per heavy atom. The van der Waals surface area contributed by atoms with Crippen LogP contribution in [0.25, 0.3) is 0 Å². The summed E-state index contributed by atoms with van der Waals surface area (Å²) in [4.78, 5) is 13.9. The molecule has 0 aliphatic carbocycles. The van der Waals surface area contributed by atoms with E-state index in [4.69, 9.17) is 22.1 Å². The van der Waals surface area contributed by atoms with Crippen LogP contribution in [-0.2, 0) is 4.74 Å². The maximum absolute atomic E-state index is 12.1. The largest absolute Gasteiger partial charge is 0.398 e. The van der Waals surface area contributed by atoms with Crippen LogP contribution in [0.5, 0.6) is 0 Å². The topological polar surface area (TPSA) is 55.6 Å². The summed E-state index contributed by atoms with van der Waals surface area (Å²) in [5, 5.41) is 0.470. The Balaban J connectivity index is 2.12. The summed E-state index contributed by atoms with van der Waals surface area (Å²) < 4.78 is 5.23. The maximum Gasteiger partial charge on any atom is 0.254 e. The summed E-state index contributed by atoms with van der Waals surface area (Å²) in [6.07, 6.45) is 1.02. The van der Waals surface area contributed by atoms with Crippen LogP contribution in [0.4, 0.5) is 5.69 Å². The molecule has 92 valence electrons. The Morgan fingerprint density at radius 2 is 2.35 bits per heavy atom. The van der Waals surface area contributed by atoms with Gasteiger partial charge in [0.05, 0.1) is 16.8 Å². The van der Waals surface area contributed by atoms with E-state index >= 15 is 0 Å². The highest BCUT2D eigenvalue weighted by Gasteiger charge is 2.26. The lowest BCUT2D eigenvalue weighted by atomic mass is 10.2. The molecule has 1 fully saturated rings. The summed E-state index contributed by atoms with van der Waals surface area (Å²) in [6, 6.07) is 4.96. The number of amides is 1. The van der Waals surface area contributed by atoms with Crippen molar-refractivity contribution in [3.8, 4) is 0 Å². The Hall–Kier alpha value is -1.26. The van der Waals surface area contributed by atoms with Gasteiger partial charge in [-0.25, -0.2) is 0 Å². The molecule has 1 aliphatic heterocycles. The van der Waals surface area contributed by atoms with Crippen molar-refractivity contribution in [1.29, 1.82) is 0 Å². The monoisotopic (exact) mass is 254 g/mol. The van der Waals surface area contributed by atoms with Gasteiger partial charge in [-0.2, -0.15) is 0 Å². The van der Waals surface area contributed by atoms with Crippen LogP contribution < -0.4 is 5.73 Å². The predicted molar refractivity (Wildman–Crippen MR) is 67.2 cm³/mol. The lowest BCUT2D eigenvalue weighted by Gasteiger charge is -2.16. The fourth-order valence-electron chi connectivity index (χ4n) is 1.96. The first kappa shape index (κ1) is 12.2. The zero-order valence-electron chi connectivity index (χ0n) is 9.65. The van der Waals surface area contributed by atoms with Crippen LogP contribution in [0.3, 0.4) is 0 Å². The van der Waals surface area contributed by atoms with E-state index in [2.05, 4.69) is 0 Å². The molecule has 1 heterocycles. The molecule has 1 aliphatic rings. The molecule has 17 heavy (non-hydrogen) atoms. The summed E-state index contributed by atoms with van der Waals surface area (Å²) in [5.74, 6) is -0.0204. The van der Waals surface area contributed by atoms with Gasteiger partial charge in [0.2, 0.25) is 0 Å². The predicted octanol–water partition coefficient (Wildman–Crippen LogP) is 1.78. The van der Waals surface area contributed by atoms with Gasteiger partial charge in [-0.1, -0.05) is 11.6 Å². The standard InChI is InChI=1S/C12H15ClN2O2/c1-17-9-4-5-15(7-9)12(16)8-2-3-10(13)11(14)6-8/h2-3,6,9H,4-5,7,14H2,1H3. The molecule has 0 spiro atoms. The number of hydrogen-bond acceptors (Lipinski definition) is 3. The number of ether oxygens (including phenoxy) is 1. The molecule has 1 aromatic rings. The molecule has 1 aromatic carbocycles. The van der Waals surface area contributed by atoms with Gasteiger partial charge in [-0.05, 0) is 24.6 Å². The van der Waals surface area contributed by atoms with Crippen molar-refractivity contribution in [2.24, 2.45) is 0 Å². The number of nitrogens with two attached hydrogens (primary N) is 1. The third-order valence-electron chi connectivity index (χ3n) is 3.01. The van der Waals surface area contributed by atoms with Crippen molar-refractivity contribution in [3.63, 3.8) is 0 Å². The van der Waals surface area contributed by atoms with Gasteiger partial charge < -0.3 is 15.4 Å². The number of likely N-dealkylation sites (tertiary alicyclic amines) is 1. The van der Waals surface area contributed by atoms with E-state index in [9.17, 15) is 4.79 Å². The number of nitrogens with zero attached hydrogens (tertiary/aromatic N) is 1. The van der Waals surface area contributed by atoms with Crippen LogP contribution in [0, 0.1) is 0 Å². The third kappa shape index (κ3) is 2.53. The normalized spacial score (nSPS) is 19.6. The zero-order valence-corrected chi connectivity index (χ0v) is 10.4. The molecule has 2 rings (SSSR count). The Bertz CT molecular complexity index is 437. The number of hydrogen-bond donors (Lipinski definition) is 1. The molecule has 4 nitrogen and oxygen atoms in total. The highest BCUT2D eigenvalue weighted by atomic mass is 35.5. The number of nitrogen functional groups attached to an aromatic ring is 1. The number of anilines is 1. The molecule has 5 heteroatoms. The molecule has 1 amide bonds. The van der Waals surface area contributed by atoms with Gasteiger partial charge in [-0.3, -0.25) is 4.79 Å². The van der Waals surface area contributed by atoms with Crippen molar-refractivity contribution in [2.75, 3.05) is 25.9 Å². The van der Waals surface area contributed by atoms with E-state index in [1.807, 2.05) is 0 Å². The van der Waals surface area contributed by atoms with E-state index in [-0.39, 0.29) is 12.0 Å². The summed E-state index contributed by atoms with van der Waals surface area (Å²) >= 11 is 5.82. The smallest absolute Gasteiger partial charge is 0.254 e. The van der Waals surface area contributed by atoms with Crippen molar-refractivity contribution >= 4 is 23.2 Å². The van der Waals surface area contributed by atoms with Gasteiger partial charge in [0.1, 0.15) is 0 Å². The number of halogens is 1. The number of carbonyl (C=O) groups is 1. The van der Waals surface area contributed by atoms with Gasteiger partial charge in [-0.15, -0.1) is 0 Å². The first-order valence-electron chi connectivity index (χ1n) is 5.49. The van der Waals surface area contributed by atoms with Gasteiger partial charge >= 0.3 is 0 Å². The Labute approximate surface area is 105 Å². The number of methoxy groups -OCH3 is 1. The molecule has 0 radical (unpaired) electrons. The summed E-state index contributed by atoms with van der Waals surface area (Å²) in [5.41, 5.74) is 6.69. The van der Waals surface area contributed by atoms with Gasteiger partial charge in [0.15, 0.2) is 0 Å². The van der Waals surface area contributed by atoms with Crippen LogP contribution in [0.15, 0.2) is 18.2 Å². The molecular weight excluding hydrogens is 240 g/mol. The quantitative estimate of drug-likeness (QED) is 0.819. The Kier molecular flexibility index (Phi) is 3.54. The lowest BCUT2D eigenvalue weighted by Crippen LogP contribution is -2.29. The second-order valence-corrected chi connectivity index (χ2v) is 4.54. The molecule has 1 unspecified atom stereocenters. The first-order valence-corrected chi connectivity index (χ1v) is 5.86. The van der Waals surface area contributed by atoms with Gasteiger partial charge in [0.25, 0.3) is 5.91 Å². The second kappa shape index (κ2) is 4.94. The van der Waals surface area contributed by atoms with Crippen LogP contribution >= 0.6 is 11.6 Å². The molecule has 0 saturated carbocycles. The molecule has 2 N–H and O–H groups in total. The van der Waals surface area contributed by atoms with Crippen LogP contribution in [0.1, 0.15) is 16.8 Å². The number of carbonyl (C=O) groups excluding carboxylic acids is 1. The van der Waals surface area contributed by atoms with Crippen molar-refractivity contribution < 1.29 is 9.53 Å². The fourth-order valence-corrected chi connectivity index (χ4v) is 2.08. The van der Waals surface area contributed by atoms with E-state index in [0.29, 0.717) is 22.8 Å². The minimum absolute atomic E-state index is 0.0204. The van der Waals surface area contributed by atoms with Gasteiger partial charge in [0, 0.05) is 25.8 Å². The third-order valence-corrected chi connectivity index (χ3v) is 3.35. The van der Waals surface area contributed by atoms with E-state index in [1.54, 1.807) is 30.2 Å². The minimum atomic E-state index is -0.0204. The fraction of sp³-hybridized carbons (Fsp3) is 0.417. The van der Waals surface area contributed by atoms with Crippen molar-refractivity contribution in [2.45, 2.75) is 12.5 Å². The van der Waals surface area contributed by atoms with Crippen LogP contribution in [-0.4, -0.2) is 37.1 Å². The average Bonchev–Trinajstić information content (AvgIpc) is 2.80. The van der Waals surface area contributed by atoms with Crippen LogP contribution in [0.2, 0.25) is 5.02 Å². The Morgan fingerprint density at radius 3 is 2.94 bits per heavy atom. The molecule has 1 atom stereocenters. The molecule has 0 aromatic heterocycles. The SMILES string of the molecule is COC1CCN(C(=O)c2ccc(Cl)c(N)c2)C1. The first-order chi connectivity index (χ1) is 8.11. The number of rotatable bonds is 2. The maximum atomic E-state index is 12.1. The average molecular weight is 255 g/mol. The highest BCUT2D eigenvalue weighted by Crippen LogP contribution is 2.22. The molecule has 1 saturated heterocycles. The minimum Gasteiger partial charge on any atom is -0.398 e. The van der Waals surface area contributed by atoms with E-state index in [1.165, 1.54) is 0 Å². The summed E-state index contributed by atoms with van der Waals surface area (Å²) in [6.45, 7) is 1.36. The summed E-state index contributed by atoms with van der Waals surface area (Å²) in [7, 11) is 1.67. The second-order valence-electron chi connectivity index (χ2n) is 4.13.